The molecule has 0 unspecified atom stereocenters. The molecule has 4 fully saturated rings. The van der Waals surface area contributed by atoms with Gasteiger partial charge in [-0.15, -0.1) is 11.3 Å². The molecule has 0 bridgehead atoms. The Balaban J connectivity index is 0.727. The Bertz CT molecular complexity index is 2890. The van der Waals surface area contributed by atoms with E-state index in [0.717, 1.165) is 116 Å². The van der Waals surface area contributed by atoms with Crippen molar-refractivity contribution in [3.63, 3.8) is 0 Å². The van der Waals surface area contributed by atoms with Gasteiger partial charge in [-0.2, -0.15) is 18.2 Å². The van der Waals surface area contributed by atoms with E-state index in [-0.39, 0.29) is 57.0 Å². The van der Waals surface area contributed by atoms with Crippen LogP contribution in [-0.4, -0.2) is 151 Å². The average molecular weight is 1120 g/mol. The number of piperazine rings is 1. The maximum Gasteiger partial charge on any atom is 0.390 e. The number of alkyl halides is 4. The first-order valence-corrected chi connectivity index (χ1v) is 28.9. The Morgan fingerprint density at radius 1 is 0.899 bits per heavy atom. The van der Waals surface area contributed by atoms with E-state index in [0.29, 0.717) is 30.8 Å². The number of aromatic nitrogens is 4. The molecule has 0 radical (unpaired) electrons. The zero-order valence-electron chi connectivity index (χ0n) is 45.8. The van der Waals surface area contributed by atoms with Gasteiger partial charge in [0.05, 0.1) is 41.3 Å². The first kappa shape index (κ1) is 57.9. The summed E-state index contributed by atoms with van der Waals surface area (Å²) in [6, 6.07) is 12.5. The van der Waals surface area contributed by atoms with E-state index in [1.54, 1.807) is 38.3 Å². The highest BCUT2D eigenvalue weighted by Gasteiger charge is 2.53. The van der Waals surface area contributed by atoms with Crippen LogP contribution in [0.5, 0.6) is 5.75 Å². The highest BCUT2D eigenvalue weighted by molar-refractivity contribution is 7.13. The Morgan fingerprint density at radius 3 is 2.29 bits per heavy atom. The predicted octanol–water partition coefficient (Wildman–Crippen LogP) is 8.74. The van der Waals surface area contributed by atoms with E-state index in [1.165, 1.54) is 10.5 Å². The summed E-state index contributed by atoms with van der Waals surface area (Å²) in [5.74, 6) is -0.999. The summed E-state index contributed by atoms with van der Waals surface area (Å²) in [7, 11) is 0. The molecule has 3 aromatic heterocycles. The van der Waals surface area contributed by atoms with Crippen molar-refractivity contribution >= 4 is 46.0 Å². The molecule has 2 aliphatic carbocycles. The number of unbranched alkanes of at least 4 members (excludes halogenated alkanes) is 3. The number of benzene rings is 2. The summed E-state index contributed by atoms with van der Waals surface area (Å²) < 4.78 is 61.8. The van der Waals surface area contributed by atoms with Crippen molar-refractivity contribution in [2.75, 3.05) is 57.7 Å². The maximum absolute atomic E-state index is 14.7. The van der Waals surface area contributed by atoms with Crippen LogP contribution >= 0.6 is 11.3 Å². The highest BCUT2D eigenvalue weighted by Crippen LogP contribution is 2.41. The average Bonchev–Trinajstić information content (AvgIpc) is 3.79. The molecule has 2 aromatic carbocycles. The molecule has 9 rings (SSSR count). The monoisotopic (exact) mass is 1120 g/mol. The van der Waals surface area contributed by atoms with E-state index in [9.17, 15) is 42.2 Å². The molecule has 79 heavy (non-hydrogen) atoms. The third-order valence-electron chi connectivity index (χ3n) is 16.0. The van der Waals surface area contributed by atoms with Crippen LogP contribution in [0.3, 0.4) is 0 Å². The number of thiazole rings is 1. The number of hydrogen-bond acceptors (Lipinski definition) is 13. The molecule has 4 aliphatic rings. The lowest BCUT2D eigenvalue weighted by molar-refractivity contribution is -0.145. The molecule has 5 aromatic rings. The minimum absolute atomic E-state index is 0.0324. The highest BCUT2D eigenvalue weighted by atomic mass is 32.1. The SMILES string of the molecule is Cc1ncsc1-c1ccc(CNC(=O)[C@@H]2C[C@@H](O)CN2C(=O)[C@@H](NC(=O)C2(F)CC2)C(C)(C)C)c(OCCCCCCN2CCN(Cc3ccc(-c4cn(C5CCC(O)CC5)c5nc(NCCC(F)(F)F)ncc45)cc3)CC2)c1. The number of carbonyl (C=O) groups excluding carboxylic acids is 3. The molecule has 5 N–H and O–H groups in total. The number of hydrogen-bond donors (Lipinski definition) is 5. The topological polar surface area (TPSA) is 190 Å². The van der Waals surface area contributed by atoms with Crippen molar-refractivity contribution in [1.82, 2.24) is 44.9 Å². The van der Waals surface area contributed by atoms with Crippen LogP contribution in [0.2, 0.25) is 0 Å². The lowest BCUT2D eigenvalue weighted by Gasteiger charge is -2.35. The maximum atomic E-state index is 14.7. The normalized spacial score (nSPS) is 21.3. The van der Waals surface area contributed by atoms with Crippen molar-refractivity contribution in [3.05, 3.63) is 77.2 Å². The number of nitrogens with zero attached hydrogens (tertiary/aromatic N) is 7. The first-order valence-electron chi connectivity index (χ1n) is 28.0. The number of fused-ring (bicyclic) bond motifs is 1. The Hall–Kier alpha value is -5.74. The van der Waals surface area contributed by atoms with Crippen molar-refractivity contribution < 1.29 is 46.9 Å². The lowest BCUT2D eigenvalue weighted by Crippen LogP contribution is -2.59. The van der Waals surface area contributed by atoms with E-state index in [2.05, 4.69) is 70.7 Å². The number of amides is 3. The summed E-state index contributed by atoms with van der Waals surface area (Å²) in [5, 5.41) is 30.0. The largest absolute Gasteiger partial charge is 0.493 e. The van der Waals surface area contributed by atoms with Crippen LogP contribution in [0.1, 0.15) is 121 Å². The second-order valence-corrected chi connectivity index (χ2v) is 24.0. The Morgan fingerprint density at radius 2 is 1.61 bits per heavy atom. The van der Waals surface area contributed by atoms with Gasteiger partial charge in [0.25, 0.3) is 5.91 Å². The second-order valence-electron chi connectivity index (χ2n) is 23.2. The standard InChI is InChI=1S/C58H76F4N10O6S/c1-37-49(79-36-66-37)40-13-14-41(31-64-52(75)47-30-44(74)34-72(47)53(76)50(56(2,3)4)67-54(77)57(59)19-20-57)48(29-40)78-28-8-6-5-7-23-69-24-26-70(27-25-69)33-38-9-11-39(12-10-38)46-35-71(42-15-17-43(73)18-16-42)51-45(46)32-65-55(68-51)63-22-21-58(60,61)62/h9-14,29,32,35-36,42-44,47,50,73-74H,5-8,15-28,30-31,33-34H2,1-4H3,(H,64,75)(H,67,77)(H,63,65,68)/t42?,43?,44-,47+,50-/m1/s1. The number of halogens is 4. The Labute approximate surface area is 463 Å². The fourth-order valence-corrected chi connectivity index (χ4v) is 11.8. The molecule has 16 nitrogen and oxygen atoms in total. The first-order chi connectivity index (χ1) is 37.7. The molecule has 3 atom stereocenters. The number of ether oxygens (including phenoxy) is 1. The summed E-state index contributed by atoms with van der Waals surface area (Å²) in [6.45, 7) is 13.3. The van der Waals surface area contributed by atoms with Crippen LogP contribution in [0.4, 0.5) is 23.5 Å². The van der Waals surface area contributed by atoms with Crippen LogP contribution in [0.15, 0.2) is 60.4 Å². The summed E-state index contributed by atoms with van der Waals surface area (Å²) in [5.41, 5.74) is 5.54. The van der Waals surface area contributed by atoms with E-state index in [4.69, 9.17) is 9.72 Å². The second kappa shape index (κ2) is 25.0. The van der Waals surface area contributed by atoms with Gasteiger partial charge >= 0.3 is 6.18 Å². The molecule has 0 spiro atoms. The van der Waals surface area contributed by atoms with Gasteiger partial charge in [0.2, 0.25) is 17.8 Å². The molecule has 21 heteroatoms. The quantitative estimate of drug-likeness (QED) is 0.0328. The van der Waals surface area contributed by atoms with Gasteiger partial charge in [-0.25, -0.2) is 14.4 Å². The smallest absolute Gasteiger partial charge is 0.390 e. The van der Waals surface area contributed by atoms with E-state index < -0.39 is 59.6 Å². The van der Waals surface area contributed by atoms with Crippen LogP contribution in [0, 0.1) is 12.3 Å². The van der Waals surface area contributed by atoms with Gasteiger partial charge in [0.15, 0.2) is 5.67 Å². The van der Waals surface area contributed by atoms with Crippen molar-refractivity contribution in [1.29, 1.82) is 0 Å². The molecule has 2 saturated carbocycles. The van der Waals surface area contributed by atoms with Gasteiger partial charge in [0, 0.05) is 93.7 Å². The van der Waals surface area contributed by atoms with Gasteiger partial charge in [-0.1, -0.05) is 70.0 Å². The lowest BCUT2D eigenvalue weighted by atomic mass is 9.85. The molecule has 2 saturated heterocycles. The van der Waals surface area contributed by atoms with Gasteiger partial charge in [-0.3, -0.25) is 19.3 Å². The number of aliphatic hydroxyl groups is 2. The fourth-order valence-electron chi connectivity index (χ4n) is 11.0. The van der Waals surface area contributed by atoms with Crippen molar-refractivity contribution in [2.24, 2.45) is 5.41 Å². The van der Waals surface area contributed by atoms with Crippen LogP contribution in [-0.2, 0) is 27.5 Å². The third kappa shape index (κ3) is 14.8. The minimum atomic E-state index is -4.28. The molecule has 3 amide bonds. The van der Waals surface area contributed by atoms with Crippen LogP contribution in [0.25, 0.3) is 32.6 Å². The number of rotatable bonds is 22. The van der Waals surface area contributed by atoms with Gasteiger partial charge in [0.1, 0.15) is 23.5 Å². The number of likely N-dealkylation sites (tertiary alicyclic amines) is 1. The van der Waals surface area contributed by atoms with Gasteiger partial charge in [-0.05, 0) is 93.0 Å². The number of β-amino-alcohol motifs (C(OH)–C–C–N with tert-alkyl or cyclic N) is 1. The number of aliphatic hydroxyl groups excluding tert-OH is 2. The van der Waals surface area contributed by atoms with Crippen molar-refractivity contribution in [3.8, 4) is 27.3 Å². The fraction of sp³-hybridized carbons (Fsp3) is 0.586. The minimum Gasteiger partial charge on any atom is -0.493 e. The van der Waals surface area contributed by atoms with Crippen molar-refractivity contribution in [2.45, 2.75) is 160 Å². The summed E-state index contributed by atoms with van der Waals surface area (Å²) in [6.07, 6.45) is 4.42. The van der Waals surface area contributed by atoms with E-state index in [1.807, 2.05) is 30.6 Å². The zero-order valence-corrected chi connectivity index (χ0v) is 46.6. The summed E-state index contributed by atoms with van der Waals surface area (Å²) in [4.78, 5) is 61.4. The number of anilines is 1. The Kier molecular flexibility index (Phi) is 18.3. The van der Waals surface area contributed by atoms with Gasteiger partial charge < -0.3 is 45.3 Å². The zero-order chi connectivity index (χ0) is 56.1. The number of nitrogens with one attached hydrogen (secondary N) is 3. The summed E-state index contributed by atoms with van der Waals surface area (Å²) >= 11 is 1.54. The number of carbonyl (C=O) groups is 3. The molecular weight excluding hydrogens is 1040 g/mol. The molecule has 2 aliphatic heterocycles. The number of aryl methyl sites for hydroxylation is 1. The predicted molar refractivity (Wildman–Crippen MR) is 296 cm³/mol. The molecular formula is C58H76F4N10O6S. The van der Waals surface area contributed by atoms with Crippen LogP contribution < -0.4 is 20.7 Å². The third-order valence-corrected chi connectivity index (χ3v) is 16.9. The molecule has 428 valence electrons. The van der Waals surface area contributed by atoms with E-state index >= 15 is 0 Å². The molecule has 5 heterocycles.